The molecule has 7 amide bonds. The molecule has 24 nitrogen and oxygen atoms in total. The highest BCUT2D eigenvalue weighted by Crippen LogP contribution is 2.27. The number of hydrogen-bond donors (Lipinski definition) is 14. The smallest absolute Gasteiger partial charge is 0.248 e. The molecule has 3 heterocycles. The number of amides is 7. The van der Waals surface area contributed by atoms with Crippen LogP contribution in [0.2, 0.25) is 0 Å². The summed E-state index contributed by atoms with van der Waals surface area (Å²) in [6, 6.07) is -5.46. The molecule has 16 atom stereocenters. The molecule has 2 unspecified atom stereocenters. The lowest BCUT2D eigenvalue weighted by Crippen LogP contribution is -2.64. The maximum absolute atomic E-state index is 14.3. The van der Waals surface area contributed by atoms with Gasteiger partial charge < -0.3 is 82.3 Å². The molecular formula is C50H78N8O16. The molecule has 0 aromatic heterocycles. The van der Waals surface area contributed by atoms with Crippen molar-refractivity contribution in [1.82, 2.24) is 36.4 Å². The molecule has 24 heteroatoms. The summed E-state index contributed by atoms with van der Waals surface area (Å²) in [7, 11) is 0. The Balaban J connectivity index is 1.68. The summed E-state index contributed by atoms with van der Waals surface area (Å²) in [4.78, 5) is 100. The number of phenols is 1. The molecule has 0 aliphatic carbocycles. The number of rotatable bonds is 19. The van der Waals surface area contributed by atoms with Gasteiger partial charge >= 0.3 is 0 Å². The topological polar surface area (TPSA) is 392 Å². The second-order valence-corrected chi connectivity index (χ2v) is 20.3. The molecule has 0 saturated carbocycles. The number of aliphatic hydroxyl groups excluding tert-OH is 8. The number of nitrogens with zero attached hydrogens (tertiary/aromatic N) is 3. The zero-order chi connectivity index (χ0) is 55.0. The van der Waals surface area contributed by atoms with Crippen LogP contribution in [0.1, 0.15) is 129 Å². The molecule has 414 valence electrons. The Labute approximate surface area is 430 Å². The van der Waals surface area contributed by atoms with E-state index in [1.807, 2.05) is 0 Å². The lowest BCUT2D eigenvalue weighted by Gasteiger charge is -2.34. The van der Waals surface area contributed by atoms with Gasteiger partial charge in [-0.2, -0.15) is 5.26 Å². The van der Waals surface area contributed by atoms with E-state index in [0.29, 0.717) is 29.6 Å². The van der Waals surface area contributed by atoms with Gasteiger partial charge in [0.25, 0.3) is 0 Å². The highest BCUT2D eigenvalue weighted by Gasteiger charge is 2.49. The van der Waals surface area contributed by atoms with Crippen LogP contribution in [0.3, 0.4) is 0 Å². The Bertz CT molecular complexity index is 2090. The molecule has 1 aromatic carbocycles. The minimum Gasteiger partial charge on any atom is -0.508 e. The summed E-state index contributed by atoms with van der Waals surface area (Å²) in [5.41, 5.74) is -0.0965. The number of hydrogen-bond acceptors (Lipinski definition) is 17. The van der Waals surface area contributed by atoms with Crippen LogP contribution in [0.15, 0.2) is 24.3 Å². The second kappa shape index (κ2) is 29.0. The summed E-state index contributed by atoms with van der Waals surface area (Å²) in [6.45, 7) is 6.83. The van der Waals surface area contributed by atoms with Gasteiger partial charge in [-0.1, -0.05) is 77.8 Å². The third-order valence-corrected chi connectivity index (χ3v) is 14.2. The van der Waals surface area contributed by atoms with Crippen LogP contribution in [0.5, 0.6) is 5.75 Å². The van der Waals surface area contributed by atoms with Gasteiger partial charge in [0.2, 0.25) is 41.4 Å². The molecule has 3 fully saturated rings. The van der Waals surface area contributed by atoms with E-state index in [2.05, 4.69) is 47.4 Å². The van der Waals surface area contributed by atoms with E-state index in [-0.39, 0.29) is 24.2 Å². The van der Waals surface area contributed by atoms with E-state index in [4.69, 9.17) is 0 Å². The maximum Gasteiger partial charge on any atom is 0.248 e. The highest BCUT2D eigenvalue weighted by atomic mass is 16.3. The zero-order valence-electron chi connectivity index (χ0n) is 42.6. The fourth-order valence-electron chi connectivity index (χ4n) is 9.68. The number of nitrogens with one attached hydrogen (secondary N) is 5. The van der Waals surface area contributed by atoms with E-state index >= 15 is 0 Å². The minimum absolute atomic E-state index is 0.0706. The molecule has 14 N–H and O–H groups in total. The fraction of sp³-hybridized carbons (Fsp3) is 0.720. The molecule has 74 heavy (non-hydrogen) atoms. The van der Waals surface area contributed by atoms with E-state index in [0.717, 1.165) is 62.5 Å². The fourth-order valence-corrected chi connectivity index (χ4v) is 9.68. The Morgan fingerprint density at radius 3 is 1.99 bits per heavy atom. The zero-order valence-corrected chi connectivity index (χ0v) is 42.6. The molecule has 3 saturated heterocycles. The average Bonchev–Trinajstić information content (AvgIpc) is 3.95. The molecule has 0 radical (unpaired) electrons. The minimum atomic E-state index is -2.33. The lowest BCUT2D eigenvalue weighted by atomic mass is 9.91. The number of carbonyl (C=O) groups excluding carboxylic acids is 7. The number of aromatic hydroxyl groups is 1. The normalized spacial score (nSPS) is 29.2. The van der Waals surface area contributed by atoms with Gasteiger partial charge in [-0.3, -0.25) is 33.6 Å². The van der Waals surface area contributed by atoms with Crippen molar-refractivity contribution < 1.29 is 79.5 Å². The number of phenolic OH excluding ortho intramolecular Hbond substituents is 1. The first-order chi connectivity index (χ1) is 35.0. The van der Waals surface area contributed by atoms with Crippen molar-refractivity contribution in [3.8, 4) is 11.8 Å². The predicted molar refractivity (Wildman–Crippen MR) is 262 cm³/mol. The molecule has 4 rings (SSSR count). The summed E-state index contributed by atoms with van der Waals surface area (Å²) < 4.78 is 0. The Morgan fingerprint density at radius 1 is 0.743 bits per heavy atom. The third kappa shape index (κ3) is 17.0. The standard InChI is InChI=1S/C50H78N8O16/c1-5-26(2)22-27(3)12-10-8-6-7-9-11-13-37(65)52-32-24-36(64)46(70)56-48(72)41-35(63)19-21-57(41)50(74)39(34(62)18-20-51)54-47(71)40(43(67)42(66)29-14-16-30(60)17-15-29)55-45(69)33-23-31(61)25-58(33)49(73)38(28(4)59)53-44(32)68/h14-17,26-28,31-36,38-43,46,59-64,66-67,70H,5-13,18-19,21-25H2,1-4H3,(H,52,65)(H,53,68)(H,54,71)(H,55,69)(H,56,72)/t26?,27?,28-,31-,32+,33+,34-,35+,36-,38+,39+,40+,41+,42+,43+,46-/m1/s1. The first-order valence-electron chi connectivity index (χ1n) is 25.7. The van der Waals surface area contributed by atoms with Gasteiger partial charge in [0, 0.05) is 32.4 Å². The second-order valence-electron chi connectivity index (χ2n) is 20.3. The molecular weight excluding hydrogens is 969 g/mol. The van der Waals surface area contributed by atoms with Gasteiger partial charge in [-0.25, -0.2) is 0 Å². The monoisotopic (exact) mass is 1050 g/mol. The predicted octanol–water partition coefficient (Wildman–Crippen LogP) is -2.30. The van der Waals surface area contributed by atoms with Crippen LogP contribution < -0.4 is 26.6 Å². The third-order valence-electron chi connectivity index (χ3n) is 14.2. The summed E-state index contributed by atoms with van der Waals surface area (Å²) >= 11 is 0. The van der Waals surface area contributed by atoms with E-state index in [1.165, 1.54) is 18.6 Å². The number of nitriles is 1. The van der Waals surface area contributed by atoms with Gasteiger partial charge in [0.05, 0.1) is 36.9 Å². The van der Waals surface area contributed by atoms with E-state index < -0.39 is 159 Å². The van der Waals surface area contributed by atoms with Crippen LogP contribution in [-0.4, -0.2) is 189 Å². The first kappa shape index (κ1) is 61.0. The number of unbranched alkanes of at least 4 members (excludes halogenated alkanes) is 5. The van der Waals surface area contributed by atoms with Crippen LogP contribution in [0.4, 0.5) is 0 Å². The van der Waals surface area contributed by atoms with Gasteiger partial charge in [-0.05, 0) is 55.7 Å². The van der Waals surface area contributed by atoms with Crippen molar-refractivity contribution in [3.05, 3.63) is 29.8 Å². The number of carbonyl (C=O) groups is 7. The Kier molecular flexibility index (Phi) is 23.9. The molecule has 0 spiro atoms. The summed E-state index contributed by atoms with van der Waals surface area (Å²) in [5, 5.41) is 120. The molecule has 3 aliphatic rings. The van der Waals surface area contributed by atoms with Crippen LogP contribution in [-0.2, 0) is 33.6 Å². The molecule has 1 aromatic rings. The van der Waals surface area contributed by atoms with Crippen molar-refractivity contribution in [3.63, 3.8) is 0 Å². The van der Waals surface area contributed by atoms with Crippen molar-refractivity contribution in [2.24, 2.45) is 11.8 Å². The number of benzene rings is 1. The van der Waals surface area contributed by atoms with Gasteiger partial charge in [0.1, 0.15) is 60.3 Å². The first-order valence-corrected chi connectivity index (χ1v) is 25.7. The maximum atomic E-state index is 14.3. The summed E-state index contributed by atoms with van der Waals surface area (Å²) in [5.74, 6) is -7.19. The van der Waals surface area contributed by atoms with Crippen molar-refractivity contribution in [2.45, 2.75) is 203 Å². The van der Waals surface area contributed by atoms with Crippen molar-refractivity contribution in [2.75, 3.05) is 13.1 Å². The van der Waals surface area contributed by atoms with Crippen molar-refractivity contribution in [1.29, 1.82) is 5.26 Å². The van der Waals surface area contributed by atoms with Gasteiger partial charge in [0.15, 0.2) is 6.23 Å². The summed E-state index contributed by atoms with van der Waals surface area (Å²) in [6.07, 6.45) is -9.56. The Hall–Kier alpha value is -5.52. The van der Waals surface area contributed by atoms with Crippen LogP contribution >= 0.6 is 0 Å². The van der Waals surface area contributed by atoms with Crippen LogP contribution in [0.25, 0.3) is 0 Å². The SMILES string of the molecule is CCC(C)CC(C)CCCCCCCCC(=O)N[C@H]1C[C@@H](O)[C@@H](O)NC(=O)[C@@H]2[C@@H](O)CCN2C(=O)[C@H]([C@H](O)CC#N)NC(=O)[C@H]([C@H](O)[C@@H](O)c2ccc(O)cc2)NC(=O)[C@@H]2C[C@@H](O)CN2C(=O)[C@H]([C@@H](C)O)NC1=O. The number of fused-ring (bicyclic) bond motifs is 2. The van der Waals surface area contributed by atoms with E-state index in [1.54, 1.807) is 6.07 Å². The van der Waals surface area contributed by atoms with Crippen molar-refractivity contribution >= 4 is 41.4 Å². The van der Waals surface area contributed by atoms with Gasteiger partial charge in [-0.15, -0.1) is 0 Å². The van der Waals surface area contributed by atoms with E-state index in [9.17, 15) is 84.8 Å². The average molecular weight is 1050 g/mol. The largest absolute Gasteiger partial charge is 0.508 e. The Morgan fingerprint density at radius 2 is 1.35 bits per heavy atom. The van der Waals surface area contributed by atoms with Crippen LogP contribution in [0, 0.1) is 23.2 Å². The quantitative estimate of drug-likeness (QED) is 0.0648. The number of aliphatic hydroxyl groups is 8. The lowest BCUT2D eigenvalue weighted by molar-refractivity contribution is -0.148. The molecule has 0 bridgehead atoms. The molecule has 3 aliphatic heterocycles. The highest BCUT2D eigenvalue weighted by molar-refractivity contribution is 5.98.